The first-order chi connectivity index (χ1) is 8.97. The van der Waals surface area contributed by atoms with Crippen LogP contribution in [0.3, 0.4) is 0 Å². The third-order valence-electron chi connectivity index (χ3n) is 2.77. The van der Waals surface area contributed by atoms with Crippen molar-refractivity contribution in [3.63, 3.8) is 0 Å². The van der Waals surface area contributed by atoms with Gasteiger partial charge in [-0.1, -0.05) is 13.0 Å². The number of phenolic OH excluding ortho intramolecular Hbond substituents is 1. The molecule has 0 radical (unpaired) electrons. The average Bonchev–Trinajstić information content (AvgIpc) is 2.38. The summed E-state index contributed by atoms with van der Waals surface area (Å²) in [6, 6.07) is 3.86. The molecule has 19 heavy (non-hydrogen) atoms. The minimum Gasteiger partial charge on any atom is -0.502 e. The van der Waals surface area contributed by atoms with Crippen LogP contribution in [0.25, 0.3) is 0 Å². The van der Waals surface area contributed by atoms with Crippen LogP contribution >= 0.6 is 0 Å². The van der Waals surface area contributed by atoms with Crippen LogP contribution in [0.1, 0.15) is 17.3 Å². The highest BCUT2D eigenvalue weighted by Crippen LogP contribution is 2.28. The van der Waals surface area contributed by atoms with Crippen molar-refractivity contribution < 1.29 is 14.8 Å². The van der Waals surface area contributed by atoms with E-state index in [1.165, 1.54) is 12.1 Å². The molecule has 0 aliphatic rings. The van der Waals surface area contributed by atoms with Gasteiger partial charge in [0.2, 0.25) is 5.75 Å². The molecule has 104 valence electrons. The van der Waals surface area contributed by atoms with E-state index in [-0.39, 0.29) is 5.56 Å². The average molecular weight is 267 g/mol. The number of carbonyl (C=O) groups is 1. The molecule has 0 aliphatic carbocycles. The molecule has 1 amide bonds. The smallest absolute Gasteiger partial charge is 0.311 e. The van der Waals surface area contributed by atoms with Crippen molar-refractivity contribution >= 4 is 11.6 Å². The molecule has 0 bridgehead atoms. The second kappa shape index (κ2) is 6.69. The number of benzene rings is 1. The van der Waals surface area contributed by atoms with Crippen molar-refractivity contribution in [1.82, 2.24) is 10.2 Å². The summed E-state index contributed by atoms with van der Waals surface area (Å²) in [5.74, 6) is -1.13. The first-order valence-corrected chi connectivity index (χ1v) is 5.90. The second-order valence-electron chi connectivity index (χ2n) is 4.08. The zero-order valence-electron chi connectivity index (χ0n) is 10.9. The molecule has 1 aromatic carbocycles. The number of hydrogen-bond donors (Lipinski definition) is 2. The number of carbonyl (C=O) groups excluding carboxylic acids is 1. The minimum absolute atomic E-state index is 0.0895. The quantitative estimate of drug-likeness (QED) is 0.591. The van der Waals surface area contributed by atoms with E-state index in [0.717, 1.165) is 12.6 Å². The van der Waals surface area contributed by atoms with Gasteiger partial charge in [-0.2, -0.15) is 0 Å². The topological polar surface area (TPSA) is 95.7 Å². The number of phenols is 1. The molecule has 0 saturated carbocycles. The maximum absolute atomic E-state index is 11.8. The third-order valence-corrected chi connectivity index (χ3v) is 2.77. The van der Waals surface area contributed by atoms with Crippen LogP contribution in [0.5, 0.6) is 5.75 Å². The Morgan fingerprint density at radius 3 is 2.79 bits per heavy atom. The Morgan fingerprint density at radius 1 is 1.53 bits per heavy atom. The normalized spacial score (nSPS) is 10.5. The second-order valence-corrected chi connectivity index (χ2v) is 4.08. The highest BCUT2D eigenvalue weighted by atomic mass is 16.6. The zero-order valence-corrected chi connectivity index (χ0v) is 10.9. The molecule has 0 fully saturated rings. The van der Waals surface area contributed by atoms with Gasteiger partial charge in [0, 0.05) is 19.2 Å². The monoisotopic (exact) mass is 267 g/mol. The fraction of sp³-hybridized carbons (Fsp3) is 0.417. The van der Waals surface area contributed by atoms with Crippen molar-refractivity contribution in [2.45, 2.75) is 6.92 Å². The Morgan fingerprint density at radius 2 is 2.21 bits per heavy atom. The molecular formula is C12H17N3O4. The molecule has 0 saturated heterocycles. The fourth-order valence-electron chi connectivity index (χ4n) is 1.48. The van der Waals surface area contributed by atoms with Gasteiger partial charge >= 0.3 is 5.69 Å². The molecule has 0 spiro atoms. The number of aromatic hydroxyl groups is 1. The number of para-hydroxylation sites is 1. The maximum atomic E-state index is 11.8. The zero-order chi connectivity index (χ0) is 14.4. The number of nitro groups is 1. The number of nitrogens with one attached hydrogen (secondary N) is 1. The van der Waals surface area contributed by atoms with Crippen molar-refractivity contribution in [1.29, 1.82) is 0 Å². The van der Waals surface area contributed by atoms with E-state index in [2.05, 4.69) is 5.32 Å². The summed E-state index contributed by atoms with van der Waals surface area (Å²) in [6.07, 6.45) is 0. The number of nitro benzene ring substituents is 1. The van der Waals surface area contributed by atoms with Gasteiger partial charge in [-0.25, -0.2) is 0 Å². The number of hydrogen-bond acceptors (Lipinski definition) is 5. The number of amides is 1. The van der Waals surface area contributed by atoms with Gasteiger partial charge in [-0.05, 0) is 19.7 Å². The lowest BCUT2D eigenvalue weighted by Crippen LogP contribution is -2.32. The van der Waals surface area contributed by atoms with Crippen molar-refractivity contribution in [2.24, 2.45) is 0 Å². The van der Waals surface area contributed by atoms with E-state index in [0.29, 0.717) is 13.1 Å². The van der Waals surface area contributed by atoms with Crippen LogP contribution in [0.4, 0.5) is 5.69 Å². The first-order valence-electron chi connectivity index (χ1n) is 5.90. The molecule has 0 atom stereocenters. The summed E-state index contributed by atoms with van der Waals surface area (Å²) in [5, 5.41) is 22.9. The predicted molar refractivity (Wildman–Crippen MR) is 70.3 cm³/mol. The standard InChI is InChI=1S/C12H17N3O4/c1-3-14(2)8-7-13-12(17)9-5-4-6-10(11(9)16)15(18)19/h4-6,16H,3,7-8H2,1-2H3,(H,13,17). The van der Waals surface area contributed by atoms with Gasteiger partial charge in [0.15, 0.2) is 0 Å². The molecule has 7 nitrogen and oxygen atoms in total. The Hall–Kier alpha value is -2.15. The molecule has 1 aromatic rings. The van der Waals surface area contributed by atoms with Crippen LogP contribution < -0.4 is 5.32 Å². The van der Waals surface area contributed by atoms with Gasteiger partial charge < -0.3 is 15.3 Å². The Balaban J connectivity index is 2.72. The molecule has 0 unspecified atom stereocenters. The molecule has 0 aliphatic heterocycles. The molecule has 2 N–H and O–H groups in total. The van der Waals surface area contributed by atoms with Gasteiger partial charge in [-0.3, -0.25) is 14.9 Å². The van der Waals surface area contributed by atoms with E-state index < -0.39 is 22.3 Å². The summed E-state index contributed by atoms with van der Waals surface area (Å²) in [4.78, 5) is 23.7. The Labute approximate surface area is 111 Å². The summed E-state index contributed by atoms with van der Waals surface area (Å²) in [7, 11) is 1.91. The van der Waals surface area contributed by atoms with Gasteiger partial charge in [0.25, 0.3) is 5.91 Å². The van der Waals surface area contributed by atoms with Gasteiger partial charge in [0.1, 0.15) is 0 Å². The molecular weight excluding hydrogens is 250 g/mol. The van der Waals surface area contributed by atoms with E-state index in [1.54, 1.807) is 0 Å². The van der Waals surface area contributed by atoms with Crippen LogP contribution in [-0.4, -0.2) is 47.5 Å². The van der Waals surface area contributed by atoms with E-state index >= 15 is 0 Å². The third kappa shape index (κ3) is 3.92. The molecule has 7 heteroatoms. The van der Waals surface area contributed by atoms with E-state index in [1.807, 2.05) is 18.9 Å². The van der Waals surface area contributed by atoms with Crippen molar-refractivity contribution in [3.8, 4) is 5.75 Å². The maximum Gasteiger partial charge on any atom is 0.311 e. The lowest BCUT2D eigenvalue weighted by molar-refractivity contribution is -0.385. The number of likely N-dealkylation sites (N-methyl/N-ethyl adjacent to an activating group) is 1. The molecule has 0 aromatic heterocycles. The number of nitrogens with zero attached hydrogens (tertiary/aromatic N) is 2. The molecule has 0 heterocycles. The minimum atomic E-state index is -0.725. The summed E-state index contributed by atoms with van der Waals surface area (Å²) < 4.78 is 0. The van der Waals surface area contributed by atoms with E-state index in [4.69, 9.17) is 0 Å². The Bertz CT molecular complexity index is 476. The van der Waals surface area contributed by atoms with Gasteiger partial charge in [-0.15, -0.1) is 0 Å². The number of rotatable bonds is 6. The van der Waals surface area contributed by atoms with Crippen LogP contribution in [0.2, 0.25) is 0 Å². The summed E-state index contributed by atoms with van der Waals surface area (Å²) in [6.45, 7) is 3.93. The van der Waals surface area contributed by atoms with Crippen LogP contribution in [0, 0.1) is 10.1 Å². The highest BCUT2D eigenvalue weighted by Gasteiger charge is 2.20. The van der Waals surface area contributed by atoms with Gasteiger partial charge in [0.05, 0.1) is 10.5 Å². The lowest BCUT2D eigenvalue weighted by Gasteiger charge is -2.14. The van der Waals surface area contributed by atoms with Crippen LogP contribution in [-0.2, 0) is 0 Å². The lowest BCUT2D eigenvalue weighted by atomic mass is 10.1. The summed E-state index contributed by atoms with van der Waals surface area (Å²) >= 11 is 0. The fourth-order valence-corrected chi connectivity index (χ4v) is 1.48. The van der Waals surface area contributed by atoms with E-state index in [9.17, 15) is 20.0 Å². The SMILES string of the molecule is CCN(C)CCNC(=O)c1cccc([N+](=O)[O-])c1O. The van der Waals surface area contributed by atoms with Crippen molar-refractivity contribution in [2.75, 3.05) is 26.7 Å². The Kier molecular flexibility index (Phi) is 5.25. The van der Waals surface area contributed by atoms with Crippen molar-refractivity contribution in [3.05, 3.63) is 33.9 Å². The molecule has 1 rings (SSSR count). The largest absolute Gasteiger partial charge is 0.502 e. The first kappa shape index (κ1) is 14.9. The summed E-state index contributed by atoms with van der Waals surface area (Å²) in [5.41, 5.74) is -0.563. The predicted octanol–water partition coefficient (Wildman–Crippen LogP) is 0.982. The highest BCUT2D eigenvalue weighted by molar-refractivity contribution is 5.98. The van der Waals surface area contributed by atoms with Crippen LogP contribution in [0.15, 0.2) is 18.2 Å².